The molecule has 1 amide bonds. The monoisotopic (exact) mass is 262 g/mol. The number of carbonyl (C=O) groups excluding carboxylic acids is 1. The topological polar surface area (TPSA) is 32.3 Å². The lowest BCUT2D eigenvalue weighted by molar-refractivity contribution is -0.130. The van der Waals surface area contributed by atoms with Crippen LogP contribution in [0.3, 0.4) is 0 Å². The Morgan fingerprint density at radius 2 is 2.28 bits per heavy atom. The molecule has 0 aliphatic carbocycles. The Labute approximate surface area is 112 Å². The summed E-state index contributed by atoms with van der Waals surface area (Å²) in [7, 11) is 1.95. The SMILES string of the molecule is CN(C(=O)C1Cc2ccccc2S1)C1CCNC1. The van der Waals surface area contributed by atoms with E-state index in [9.17, 15) is 4.79 Å². The van der Waals surface area contributed by atoms with Gasteiger partial charge in [-0.3, -0.25) is 4.79 Å². The van der Waals surface area contributed by atoms with E-state index in [0.29, 0.717) is 6.04 Å². The Morgan fingerprint density at radius 1 is 1.44 bits per heavy atom. The number of nitrogens with zero attached hydrogens (tertiary/aromatic N) is 1. The summed E-state index contributed by atoms with van der Waals surface area (Å²) in [6, 6.07) is 8.72. The van der Waals surface area contributed by atoms with Crippen molar-refractivity contribution in [3.8, 4) is 0 Å². The van der Waals surface area contributed by atoms with Crippen LogP contribution in [0, 0.1) is 0 Å². The molecule has 1 aromatic rings. The van der Waals surface area contributed by atoms with Crippen LogP contribution >= 0.6 is 11.8 Å². The Balaban J connectivity index is 1.68. The molecule has 1 N–H and O–H groups in total. The minimum atomic E-state index is 0.0769. The van der Waals surface area contributed by atoms with Gasteiger partial charge < -0.3 is 10.2 Å². The van der Waals surface area contributed by atoms with Crippen LogP contribution in [0.15, 0.2) is 29.2 Å². The fourth-order valence-electron chi connectivity index (χ4n) is 2.70. The van der Waals surface area contributed by atoms with Gasteiger partial charge in [0.2, 0.25) is 5.91 Å². The third kappa shape index (κ3) is 2.15. The number of hydrogen-bond acceptors (Lipinski definition) is 3. The van der Waals surface area contributed by atoms with Crippen molar-refractivity contribution in [2.24, 2.45) is 0 Å². The highest BCUT2D eigenvalue weighted by molar-refractivity contribution is 8.01. The van der Waals surface area contributed by atoms with E-state index in [0.717, 1.165) is 25.9 Å². The summed E-state index contributed by atoms with van der Waals surface area (Å²) in [5.41, 5.74) is 1.32. The van der Waals surface area contributed by atoms with Crippen LogP contribution in [0.1, 0.15) is 12.0 Å². The zero-order chi connectivity index (χ0) is 12.5. The first-order valence-corrected chi connectivity index (χ1v) is 7.35. The third-order valence-electron chi connectivity index (χ3n) is 3.85. The number of benzene rings is 1. The quantitative estimate of drug-likeness (QED) is 0.877. The minimum absolute atomic E-state index is 0.0769. The van der Waals surface area contributed by atoms with Crippen molar-refractivity contribution in [3.63, 3.8) is 0 Å². The van der Waals surface area contributed by atoms with E-state index in [1.807, 2.05) is 18.0 Å². The first kappa shape index (κ1) is 12.1. The minimum Gasteiger partial charge on any atom is -0.340 e. The molecule has 1 saturated heterocycles. The fraction of sp³-hybridized carbons (Fsp3) is 0.500. The average molecular weight is 262 g/mol. The van der Waals surface area contributed by atoms with Gasteiger partial charge in [0.15, 0.2) is 0 Å². The van der Waals surface area contributed by atoms with Crippen LogP contribution in [0.5, 0.6) is 0 Å². The maximum Gasteiger partial charge on any atom is 0.236 e. The van der Waals surface area contributed by atoms with Gasteiger partial charge in [-0.25, -0.2) is 0 Å². The largest absolute Gasteiger partial charge is 0.340 e. The summed E-state index contributed by atoms with van der Waals surface area (Å²) in [6.45, 7) is 1.97. The second kappa shape index (κ2) is 4.94. The van der Waals surface area contributed by atoms with Crippen LogP contribution in [0.25, 0.3) is 0 Å². The normalized spacial score (nSPS) is 26.1. The van der Waals surface area contributed by atoms with Crippen LogP contribution in [0.2, 0.25) is 0 Å². The molecule has 2 unspecified atom stereocenters. The molecule has 3 nitrogen and oxygen atoms in total. The zero-order valence-corrected chi connectivity index (χ0v) is 11.4. The molecule has 4 heteroatoms. The second-order valence-corrected chi connectivity index (χ2v) is 6.26. The van der Waals surface area contributed by atoms with Gasteiger partial charge in [-0.2, -0.15) is 0 Å². The summed E-state index contributed by atoms with van der Waals surface area (Å²) in [5, 5.41) is 3.39. The third-order valence-corrected chi connectivity index (χ3v) is 5.16. The Hall–Kier alpha value is -1.00. The van der Waals surface area contributed by atoms with Crippen molar-refractivity contribution >= 4 is 17.7 Å². The fourth-order valence-corrected chi connectivity index (χ4v) is 3.99. The first-order chi connectivity index (χ1) is 8.75. The highest BCUT2D eigenvalue weighted by Gasteiger charge is 2.33. The van der Waals surface area contributed by atoms with Crippen molar-refractivity contribution in [2.75, 3.05) is 20.1 Å². The standard InChI is InChI=1S/C14H18N2OS/c1-16(11-6-7-15-9-11)14(17)13-8-10-4-2-3-5-12(10)18-13/h2-5,11,13,15H,6-9H2,1H3. The lowest BCUT2D eigenvalue weighted by Gasteiger charge is -2.26. The number of fused-ring (bicyclic) bond motifs is 1. The number of amides is 1. The molecule has 2 atom stereocenters. The Bertz CT molecular complexity index is 432. The van der Waals surface area contributed by atoms with Crippen molar-refractivity contribution < 1.29 is 4.79 Å². The van der Waals surface area contributed by atoms with Crippen molar-refractivity contribution in [1.29, 1.82) is 0 Å². The highest BCUT2D eigenvalue weighted by Crippen LogP contribution is 2.37. The van der Waals surface area contributed by atoms with Gasteiger partial charge in [-0.1, -0.05) is 18.2 Å². The molecule has 96 valence electrons. The predicted octanol–water partition coefficient (Wildman–Crippen LogP) is 1.52. The van der Waals surface area contributed by atoms with Crippen molar-refractivity contribution in [1.82, 2.24) is 10.2 Å². The van der Waals surface area contributed by atoms with Crippen LogP contribution in [0.4, 0.5) is 0 Å². The molecule has 0 bridgehead atoms. The van der Waals surface area contributed by atoms with Crippen LogP contribution in [-0.2, 0) is 11.2 Å². The van der Waals surface area contributed by atoms with E-state index in [2.05, 4.69) is 23.5 Å². The maximum absolute atomic E-state index is 12.5. The Kier molecular flexibility index (Phi) is 3.31. The van der Waals surface area contributed by atoms with Gasteiger partial charge in [0, 0.05) is 24.5 Å². The molecular formula is C14H18N2OS. The lowest BCUT2D eigenvalue weighted by atomic mass is 10.1. The highest BCUT2D eigenvalue weighted by atomic mass is 32.2. The Morgan fingerprint density at radius 3 is 3.00 bits per heavy atom. The van der Waals surface area contributed by atoms with Gasteiger partial charge in [0.25, 0.3) is 0 Å². The van der Waals surface area contributed by atoms with Crippen molar-refractivity contribution in [2.45, 2.75) is 29.0 Å². The molecule has 0 saturated carbocycles. The van der Waals surface area contributed by atoms with E-state index < -0.39 is 0 Å². The van der Waals surface area contributed by atoms with E-state index in [4.69, 9.17) is 0 Å². The molecule has 0 spiro atoms. The summed E-state index contributed by atoms with van der Waals surface area (Å²) >= 11 is 1.72. The number of hydrogen-bond donors (Lipinski definition) is 1. The van der Waals surface area contributed by atoms with Crippen LogP contribution < -0.4 is 5.32 Å². The summed E-state index contributed by atoms with van der Waals surface area (Å²) in [4.78, 5) is 15.7. The van der Waals surface area contributed by atoms with E-state index in [1.165, 1.54) is 10.5 Å². The maximum atomic E-state index is 12.5. The van der Waals surface area contributed by atoms with Gasteiger partial charge in [0.05, 0.1) is 5.25 Å². The number of nitrogens with one attached hydrogen (secondary N) is 1. The molecule has 1 fully saturated rings. The molecule has 18 heavy (non-hydrogen) atoms. The predicted molar refractivity (Wildman–Crippen MR) is 73.8 cm³/mol. The lowest BCUT2D eigenvalue weighted by Crippen LogP contribution is -2.42. The molecule has 0 aromatic heterocycles. The number of thioether (sulfide) groups is 1. The molecule has 2 heterocycles. The molecule has 2 aliphatic heterocycles. The van der Waals surface area contributed by atoms with Gasteiger partial charge in [-0.15, -0.1) is 11.8 Å². The molecular weight excluding hydrogens is 244 g/mol. The van der Waals surface area contributed by atoms with E-state index in [-0.39, 0.29) is 11.2 Å². The summed E-state index contributed by atoms with van der Waals surface area (Å²) in [6.07, 6.45) is 1.96. The molecule has 2 aliphatic rings. The molecule has 1 aromatic carbocycles. The first-order valence-electron chi connectivity index (χ1n) is 6.47. The van der Waals surface area contributed by atoms with Gasteiger partial charge >= 0.3 is 0 Å². The summed E-state index contributed by atoms with van der Waals surface area (Å²) < 4.78 is 0. The van der Waals surface area contributed by atoms with Gasteiger partial charge in [-0.05, 0) is 31.0 Å². The van der Waals surface area contributed by atoms with Crippen LogP contribution in [-0.4, -0.2) is 42.2 Å². The van der Waals surface area contributed by atoms with Gasteiger partial charge in [0.1, 0.15) is 0 Å². The molecule has 3 rings (SSSR count). The summed E-state index contributed by atoms with van der Waals surface area (Å²) in [5.74, 6) is 0.282. The average Bonchev–Trinajstić information content (AvgIpc) is 3.05. The second-order valence-electron chi connectivity index (χ2n) is 5.01. The number of rotatable bonds is 2. The number of carbonyl (C=O) groups is 1. The van der Waals surface area contributed by atoms with Crippen molar-refractivity contribution in [3.05, 3.63) is 29.8 Å². The van der Waals surface area contributed by atoms with E-state index >= 15 is 0 Å². The molecule has 0 radical (unpaired) electrons. The number of likely N-dealkylation sites (N-methyl/N-ethyl adjacent to an activating group) is 1. The smallest absolute Gasteiger partial charge is 0.236 e. The zero-order valence-electron chi connectivity index (χ0n) is 10.6. The van der Waals surface area contributed by atoms with E-state index in [1.54, 1.807) is 11.8 Å².